The Balaban J connectivity index is 4.03. The van der Waals surface area contributed by atoms with Gasteiger partial charge in [-0.3, -0.25) is 14.4 Å². The lowest BCUT2D eigenvalue weighted by Gasteiger charge is -2.15. The zero-order valence-corrected chi connectivity index (χ0v) is 23.8. The maximum absolute atomic E-state index is 12.4. The third-order valence-corrected chi connectivity index (χ3v) is 6.33. The van der Waals surface area contributed by atoms with Gasteiger partial charge in [-0.1, -0.05) is 89.9 Å². The van der Waals surface area contributed by atoms with Gasteiger partial charge in [0.15, 0.2) is 0 Å². The molecule has 0 fully saturated rings. The summed E-state index contributed by atoms with van der Waals surface area (Å²) in [6.45, 7) is 4.07. The lowest BCUT2D eigenvalue weighted by Crippen LogP contribution is -2.28. The summed E-state index contributed by atoms with van der Waals surface area (Å²) in [7, 11) is 0. The van der Waals surface area contributed by atoms with Gasteiger partial charge in [0, 0.05) is 12.8 Å². The van der Waals surface area contributed by atoms with Crippen LogP contribution < -0.4 is 5.32 Å². The van der Waals surface area contributed by atoms with E-state index < -0.39 is 5.97 Å². The highest BCUT2D eigenvalue weighted by molar-refractivity contribution is 5.80. The van der Waals surface area contributed by atoms with E-state index in [4.69, 9.17) is 9.84 Å². The normalized spacial score (nSPS) is 12.3. The van der Waals surface area contributed by atoms with Crippen LogP contribution in [0, 0.1) is 0 Å². The van der Waals surface area contributed by atoms with Crippen LogP contribution in [0.25, 0.3) is 0 Å². The van der Waals surface area contributed by atoms with E-state index in [0.29, 0.717) is 12.8 Å². The summed E-state index contributed by atoms with van der Waals surface area (Å²) in [4.78, 5) is 34.4. The van der Waals surface area contributed by atoms with Crippen LogP contribution in [-0.2, 0) is 19.1 Å². The predicted octanol–water partition coefficient (Wildman–Crippen LogP) is 8.05. The minimum Gasteiger partial charge on any atom is -0.480 e. The fourth-order valence-electron chi connectivity index (χ4n) is 4.05. The van der Waals surface area contributed by atoms with E-state index in [1.165, 1.54) is 44.9 Å². The van der Waals surface area contributed by atoms with E-state index in [1.54, 1.807) is 0 Å². The molecular weight excluding hydrogens is 466 g/mol. The van der Waals surface area contributed by atoms with E-state index >= 15 is 0 Å². The van der Waals surface area contributed by atoms with Gasteiger partial charge in [-0.25, -0.2) is 0 Å². The van der Waals surface area contributed by atoms with Gasteiger partial charge < -0.3 is 15.2 Å². The van der Waals surface area contributed by atoms with Crippen molar-refractivity contribution in [1.82, 2.24) is 5.32 Å². The molecule has 6 nitrogen and oxygen atoms in total. The number of esters is 1. The van der Waals surface area contributed by atoms with Crippen LogP contribution in [0.3, 0.4) is 0 Å². The number of aliphatic carboxylic acids is 1. The largest absolute Gasteiger partial charge is 0.480 e. The molecule has 2 N–H and O–H groups in total. The minimum atomic E-state index is -1.03. The van der Waals surface area contributed by atoms with E-state index in [-0.39, 0.29) is 24.5 Å². The number of rotatable bonds is 26. The molecule has 0 spiro atoms. The molecule has 1 amide bonds. The standard InChI is InChI=1S/C31H55NO5/c1-3-5-7-9-10-11-12-13-14-15-16-22-26-31(36)37-28(23-19-8-6-4-2)24-20-17-18-21-25-29(33)32-27-30(34)35/h10-11,19,23,28H,3-9,12-18,20-22,24-27H2,1-2H3,(H,32,33)(H,34,35)/b11-10-,23-19-. The molecule has 0 rings (SSSR count). The number of amides is 1. The van der Waals surface area contributed by atoms with Gasteiger partial charge in [-0.2, -0.15) is 0 Å². The van der Waals surface area contributed by atoms with Gasteiger partial charge in [0.25, 0.3) is 0 Å². The summed E-state index contributed by atoms with van der Waals surface area (Å²) in [5.74, 6) is -1.35. The van der Waals surface area contributed by atoms with Gasteiger partial charge in [0.2, 0.25) is 5.91 Å². The van der Waals surface area contributed by atoms with Crippen LogP contribution in [0.4, 0.5) is 0 Å². The summed E-state index contributed by atoms with van der Waals surface area (Å²) in [6, 6.07) is 0. The number of carbonyl (C=O) groups is 3. The second kappa shape index (κ2) is 26.9. The van der Waals surface area contributed by atoms with Crippen molar-refractivity contribution in [2.45, 2.75) is 148 Å². The molecule has 0 aliphatic rings. The molecule has 0 saturated carbocycles. The Labute approximate surface area is 226 Å². The SMILES string of the molecule is CCCC/C=C\C(CCCCCCC(=O)NCC(=O)O)OC(=O)CCCCCCC/C=C\CCCCC. The van der Waals surface area contributed by atoms with Crippen LogP contribution in [0.5, 0.6) is 0 Å². The Morgan fingerprint density at radius 2 is 1.27 bits per heavy atom. The van der Waals surface area contributed by atoms with Crippen molar-refractivity contribution in [3.63, 3.8) is 0 Å². The van der Waals surface area contributed by atoms with Crippen molar-refractivity contribution in [2.75, 3.05) is 6.54 Å². The van der Waals surface area contributed by atoms with Crippen molar-refractivity contribution in [1.29, 1.82) is 0 Å². The third kappa shape index (κ3) is 26.8. The number of allylic oxidation sites excluding steroid dienone is 3. The van der Waals surface area contributed by atoms with E-state index in [1.807, 2.05) is 6.08 Å². The van der Waals surface area contributed by atoms with Gasteiger partial charge in [0.05, 0.1) is 0 Å². The number of hydrogen-bond donors (Lipinski definition) is 2. The Bertz CT molecular complexity index is 629. The highest BCUT2D eigenvalue weighted by atomic mass is 16.5. The topological polar surface area (TPSA) is 92.7 Å². The summed E-state index contributed by atoms with van der Waals surface area (Å²) >= 11 is 0. The smallest absolute Gasteiger partial charge is 0.322 e. The molecule has 0 aromatic heterocycles. The third-order valence-electron chi connectivity index (χ3n) is 6.33. The number of carboxylic acids is 1. The van der Waals surface area contributed by atoms with E-state index in [0.717, 1.165) is 70.6 Å². The first-order valence-electron chi connectivity index (χ1n) is 15.0. The lowest BCUT2D eigenvalue weighted by molar-refractivity contribution is -0.147. The molecule has 0 aromatic carbocycles. The zero-order valence-electron chi connectivity index (χ0n) is 23.8. The maximum Gasteiger partial charge on any atom is 0.322 e. The molecule has 1 atom stereocenters. The van der Waals surface area contributed by atoms with E-state index in [2.05, 4.69) is 37.4 Å². The monoisotopic (exact) mass is 521 g/mol. The van der Waals surface area contributed by atoms with Crippen molar-refractivity contribution >= 4 is 17.8 Å². The van der Waals surface area contributed by atoms with Crippen LogP contribution >= 0.6 is 0 Å². The molecular formula is C31H55NO5. The molecule has 214 valence electrons. The fraction of sp³-hybridized carbons (Fsp3) is 0.774. The second-order valence-corrected chi connectivity index (χ2v) is 10.00. The second-order valence-electron chi connectivity index (χ2n) is 10.00. The zero-order chi connectivity index (χ0) is 27.4. The number of unbranched alkanes of at least 4 members (excludes halogenated alkanes) is 13. The van der Waals surface area contributed by atoms with Crippen molar-refractivity contribution in [2.24, 2.45) is 0 Å². The molecule has 1 unspecified atom stereocenters. The van der Waals surface area contributed by atoms with Crippen molar-refractivity contribution < 1.29 is 24.2 Å². The van der Waals surface area contributed by atoms with Crippen LogP contribution in [0.15, 0.2) is 24.3 Å². The summed E-state index contributed by atoms with van der Waals surface area (Å²) < 4.78 is 5.78. The lowest BCUT2D eigenvalue weighted by atomic mass is 10.1. The molecule has 0 heterocycles. The van der Waals surface area contributed by atoms with Crippen LogP contribution in [0.1, 0.15) is 142 Å². The number of hydrogen-bond acceptors (Lipinski definition) is 4. The summed E-state index contributed by atoms with van der Waals surface area (Å²) in [5, 5.41) is 11.0. The average Bonchev–Trinajstić information content (AvgIpc) is 2.87. The highest BCUT2D eigenvalue weighted by Crippen LogP contribution is 2.14. The van der Waals surface area contributed by atoms with Gasteiger partial charge in [0.1, 0.15) is 12.6 Å². The van der Waals surface area contributed by atoms with Crippen molar-refractivity contribution in [3.8, 4) is 0 Å². The Morgan fingerprint density at radius 1 is 0.703 bits per heavy atom. The molecule has 37 heavy (non-hydrogen) atoms. The Morgan fingerprint density at radius 3 is 1.95 bits per heavy atom. The first-order chi connectivity index (χ1) is 18.0. The maximum atomic E-state index is 12.4. The first-order valence-corrected chi connectivity index (χ1v) is 15.0. The van der Waals surface area contributed by atoms with Crippen LogP contribution in [0.2, 0.25) is 0 Å². The van der Waals surface area contributed by atoms with Crippen molar-refractivity contribution in [3.05, 3.63) is 24.3 Å². The summed E-state index contributed by atoms with van der Waals surface area (Å²) in [5.41, 5.74) is 0. The number of ether oxygens (including phenoxy) is 1. The molecule has 0 aliphatic carbocycles. The first kappa shape index (κ1) is 34.9. The quantitative estimate of drug-likeness (QED) is 0.0682. The summed E-state index contributed by atoms with van der Waals surface area (Å²) in [6.07, 6.45) is 28.9. The molecule has 0 aromatic rings. The molecule has 6 heteroatoms. The van der Waals surface area contributed by atoms with Gasteiger partial charge in [-0.05, 0) is 63.9 Å². The number of carboxylic acid groups (broad SMARTS) is 1. The fourth-order valence-corrected chi connectivity index (χ4v) is 4.05. The van der Waals surface area contributed by atoms with E-state index in [9.17, 15) is 14.4 Å². The molecule has 0 aliphatic heterocycles. The highest BCUT2D eigenvalue weighted by Gasteiger charge is 2.11. The Hall–Kier alpha value is -2.11. The number of nitrogens with one attached hydrogen (secondary N) is 1. The van der Waals surface area contributed by atoms with Gasteiger partial charge >= 0.3 is 11.9 Å². The Kier molecular flexibility index (Phi) is 25.4. The predicted molar refractivity (Wildman–Crippen MR) is 152 cm³/mol. The minimum absolute atomic E-state index is 0.102. The van der Waals surface area contributed by atoms with Gasteiger partial charge in [-0.15, -0.1) is 0 Å². The molecule has 0 radical (unpaired) electrons. The molecule has 0 bridgehead atoms. The number of carbonyl (C=O) groups excluding carboxylic acids is 2. The molecule has 0 saturated heterocycles. The van der Waals surface area contributed by atoms with Crippen LogP contribution in [-0.4, -0.2) is 35.6 Å². The average molecular weight is 522 g/mol.